The first kappa shape index (κ1) is 18.0. The van der Waals surface area contributed by atoms with Crippen molar-refractivity contribution in [2.24, 2.45) is 11.8 Å². The van der Waals surface area contributed by atoms with Gasteiger partial charge in [-0.25, -0.2) is 0 Å². The lowest BCUT2D eigenvalue weighted by Gasteiger charge is -2.32. The van der Waals surface area contributed by atoms with Gasteiger partial charge >= 0.3 is 0 Å². The zero-order valence-corrected chi connectivity index (χ0v) is 14.5. The molecule has 0 saturated heterocycles. The lowest BCUT2D eigenvalue weighted by molar-refractivity contribution is 0.177. The van der Waals surface area contributed by atoms with Crippen LogP contribution in [0, 0.1) is 11.8 Å². The Morgan fingerprint density at radius 3 is 2.33 bits per heavy atom. The molecule has 3 nitrogen and oxygen atoms in total. The zero-order valence-electron chi connectivity index (χ0n) is 14.5. The zero-order chi connectivity index (χ0) is 15.8. The lowest BCUT2D eigenvalue weighted by Crippen LogP contribution is -2.44. The summed E-state index contributed by atoms with van der Waals surface area (Å²) in [5.41, 5.74) is 1.25. The van der Waals surface area contributed by atoms with Gasteiger partial charge in [0.05, 0.1) is 7.11 Å². The summed E-state index contributed by atoms with van der Waals surface area (Å²) >= 11 is 0. The van der Waals surface area contributed by atoms with E-state index in [0.717, 1.165) is 25.4 Å². The van der Waals surface area contributed by atoms with Crippen LogP contribution in [-0.2, 0) is 6.54 Å². The third-order valence-corrected chi connectivity index (χ3v) is 3.85. The smallest absolute Gasteiger partial charge is 0.123 e. The number of benzene rings is 1. The van der Waals surface area contributed by atoms with E-state index < -0.39 is 0 Å². The second kappa shape index (κ2) is 9.06. The van der Waals surface area contributed by atoms with Gasteiger partial charge in [-0.3, -0.25) is 4.90 Å². The van der Waals surface area contributed by atoms with Crippen LogP contribution in [0.25, 0.3) is 0 Å². The van der Waals surface area contributed by atoms with Crippen molar-refractivity contribution in [1.82, 2.24) is 10.2 Å². The Kier molecular flexibility index (Phi) is 7.76. The Hall–Kier alpha value is -1.06. The van der Waals surface area contributed by atoms with E-state index in [1.165, 1.54) is 5.56 Å². The number of hydrogen-bond donors (Lipinski definition) is 1. The predicted octanol–water partition coefficient (Wildman–Crippen LogP) is 3.40. The van der Waals surface area contributed by atoms with Gasteiger partial charge in [-0.1, -0.05) is 45.9 Å². The van der Waals surface area contributed by atoms with Crippen LogP contribution in [0.1, 0.15) is 33.3 Å². The van der Waals surface area contributed by atoms with Gasteiger partial charge in [0.1, 0.15) is 5.75 Å². The number of nitrogens with one attached hydrogen (secondary N) is 1. The largest absolute Gasteiger partial charge is 0.496 e. The van der Waals surface area contributed by atoms with Crippen molar-refractivity contribution in [2.75, 3.05) is 27.2 Å². The highest BCUT2D eigenvalue weighted by molar-refractivity contribution is 5.33. The highest BCUT2D eigenvalue weighted by atomic mass is 16.5. The average molecular weight is 292 g/mol. The SMILES string of the molecule is COc1ccccc1CN(C)C(CNCC(C)C)C(C)C. The van der Waals surface area contributed by atoms with E-state index in [1.807, 2.05) is 12.1 Å². The molecular weight excluding hydrogens is 260 g/mol. The normalized spacial score (nSPS) is 13.2. The van der Waals surface area contributed by atoms with Crippen LogP contribution in [0.3, 0.4) is 0 Å². The molecule has 0 bridgehead atoms. The minimum absolute atomic E-state index is 0.522. The molecule has 1 aromatic rings. The third kappa shape index (κ3) is 6.06. The van der Waals surface area contributed by atoms with E-state index in [0.29, 0.717) is 17.9 Å². The topological polar surface area (TPSA) is 24.5 Å². The van der Waals surface area contributed by atoms with Crippen LogP contribution in [0.15, 0.2) is 24.3 Å². The highest BCUT2D eigenvalue weighted by Crippen LogP contribution is 2.21. The molecule has 0 aliphatic heterocycles. The van der Waals surface area contributed by atoms with Gasteiger partial charge in [0.25, 0.3) is 0 Å². The van der Waals surface area contributed by atoms with Gasteiger partial charge in [-0.15, -0.1) is 0 Å². The molecule has 1 unspecified atom stereocenters. The molecule has 1 aromatic carbocycles. The molecule has 0 aromatic heterocycles. The van der Waals surface area contributed by atoms with Crippen LogP contribution >= 0.6 is 0 Å². The molecular formula is C18H32N2O. The van der Waals surface area contributed by atoms with Crippen LogP contribution < -0.4 is 10.1 Å². The minimum atomic E-state index is 0.522. The summed E-state index contributed by atoms with van der Waals surface area (Å²) in [5.74, 6) is 2.28. The predicted molar refractivity (Wildman–Crippen MR) is 90.8 cm³/mol. The number of methoxy groups -OCH3 is 1. The van der Waals surface area contributed by atoms with Gasteiger partial charge in [-0.2, -0.15) is 0 Å². The Morgan fingerprint density at radius 1 is 1.10 bits per heavy atom. The molecule has 0 fully saturated rings. The summed E-state index contributed by atoms with van der Waals surface area (Å²) < 4.78 is 5.46. The van der Waals surface area contributed by atoms with Crippen LogP contribution in [-0.4, -0.2) is 38.2 Å². The molecule has 0 heterocycles. The van der Waals surface area contributed by atoms with Gasteiger partial charge in [0.15, 0.2) is 0 Å². The summed E-state index contributed by atoms with van der Waals surface area (Å²) in [6.45, 7) is 12.1. The van der Waals surface area contributed by atoms with Gasteiger partial charge in [0, 0.05) is 24.7 Å². The van der Waals surface area contributed by atoms with Crippen molar-refractivity contribution < 1.29 is 4.74 Å². The Balaban J connectivity index is 2.65. The molecule has 0 aliphatic rings. The number of ether oxygens (including phenoxy) is 1. The third-order valence-electron chi connectivity index (χ3n) is 3.85. The Morgan fingerprint density at radius 2 is 1.76 bits per heavy atom. The summed E-state index contributed by atoms with van der Waals surface area (Å²) in [6, 6.07) is 8.80. The molecule has 0 spiro atoms. The van der Waals surface area contributed by atoms with E-state index in [1.54, 1.807) is 7.11 Å². The lowest BCUT2D eigenvalue weighted by atomic mass is 10.0. The van der Waals surface area contributed by atoms with E-state index in [-0.39, 0.29) is 0 Å². The maximum absolute atomic E-state index is 5.46. The Labute approximate surface area is 130 Å². The fraction of sp³-hybridized carbons (Fsp3) is 0.667. The maximum Gasteiger partial charge on any atom is 0.123 e. The molecule has 1 rings (SSSR count). The van der Waals surface area contributed by atoms with Crippen molar-refractivity contribution in [2.45, 2.75) is 40.3 Å². The Bertz CT molecular complexity index is 404. The monoisotopic (exact) mass is 292 g/mol. The molecule has 1 atom stereocenters. The van der Waals surface area contributed by atoms with Crippen LogP contribution in [0.2, 0.25) is 0 Å². The van der Waals surface area contributed by atoms with E-state index >= 15 is 0 Å². The van der Waals surface area contributed by atoms with E-state index in [4.69, 9.17) is 4.74 Å². The molecule has 0 amide bonds. The van der Waals surface area contributed by atoms with Crippen molar-refractivity contribution in [1.29, 1.82) is 0 Å². The fourth-order valence-corrected chi connectivity index (χ4v) is 2.64. The van der Waals surface area contributed by atoms with E-state index in [9.17, 15) is 0 Å². The van der Waals surface area contributed by atoms with Gasteiger partial charge in [0.2, 0.25) is 0 Å². The molecule has 120 valence electrons. The highest BCUT2D eigenvalue weighted by Gasteiger charge is 2.19. The summed E-state index contributed by atoms with van der Waals surface area (Å²) in [4.78, 5) is 2.43. The molecule has 21 heavy (non-hydrogen) atoms. The number of hydrogen-bond acceptors (Lipinski definition) is 3. The minimum Gasteiger partial charge on any atom is -0.496 e. The number of para-hydroxylation sites is 1. The van der Waals surface area contributed by atoms with Gasteiger partial charge in [-0.05, 0) is 31.5 Å². The molecule has 0 aliphatic carbocycles. The summed E-state index contributed by atoms with van der Waals surface area (Å²) in [7, 11) is 3.94. The van der Waals surface area contributed by atoms with Crippen molar-refractivity contribution in [3.05, 3.63) is 29.8 Å². The van der Waals surface area contributed by atoms with Gasteiger partial charge < -0.3 is 10.1 Å². The number of nitrogens with zero attached hydrogens (tertiary/aromatic N) is 1. The first-order valence-electron chi connectivity index (χ1n) is 7.98. The molecule has 1 N–H and O–H groups in total. The first-order valence-corrected chi connectivity index (χ1v) is 7.98. The van der Waals surface area contributed by atoms with Crippen molar-refractivity contribution in [3.63, 3.8) is 0 Å². The standard InChI is InChI=1S/C18H32N2O/c1-14(2)11-19-12-17(15(3)4)20(5)13-16-9-7-8-10-18(16)21-6/h7-10,14-15,17,19H,11-13H2,1-6H3. The van der Waals surface area contributed by atoms with Crippen LogP contribution in [0.5, 0.6) is 5.75 Å². The second-order valence-electron chi connectivity index (χ2n) is 6.59. The first-order chi connectivity index (χ1) is 9.95. The summed E-state index contributed by atoms with van der Waals surface area (Å²) in [6.07, 6.45) is 0. The quantitative estimate of drug-likeness (QED) is 0.755. The molecule has 3 heteroatoms. The fourth-order valence-electron chi connectivity index (χ4n) is 2.64. The van der Waals surface area contributed by atoms with Crippen molar-refractivity contribution in [3.8, 4) is 5.75 Å². The number of likely N-dealkylation sites (N-methyl/N-ethyl adjacent to an activating group) is 1. The molecule has 0 radical (unpaired) electrons. The molecule has 0 saturated carbocycles. The van der Waals surface area contributed by atoms with Crippen molar-refractivity contribution >= 4 is 0 Å². The maximum atomic E-state index is 5.46. The van der Waals surface area contributed by atoms with E-state index in [2.05, 4.69) is 57.1 Å². The second-order valence-corrected chi connectivity index (χ2v) is 6.59. The average Bonchev–Trinajstić information content (AvgIpc) is 2.43. The van der Waals surface area contributed by atoms with Crippen LogP contribution in [0.4, 0.5) is 0 Å². The number of rotatable bonds is 9. The summed E-state index contributed by atoms with van der Waals surface area (Å²) in [5, 5.41) is 3.59.